The van der Waals surface area contributed by atoms with Gasteiger partial charge in [-0.1, -0.05) is 36.7 Å². The molecule has 1 unspecified atom stereocenters. The fourth-order valence-electron chi connectivity index (χ4n) is 2.14. The highest BCUT2D eigenvalue weighted by molar-refractivity contribution is 9.09. The van der Waals surface area contributed by atoms with Crippen molar-refractivity contribution in [3.05, 3.63) is 0 Å². The van der Waals surface area contributed by atoms with Crippen LogP contribution in [-0.2, 0) is 4.74 Å². The lowest BCUT2D eigenvalue weighted by atomic mass is 9.81. The Labute approximate surface area is 109 Å². The van der Waals surface area contributed by atoms with E-state index in [0.29, 0.717) is 11.3 Å². The van der Waals surface area contributed by atoms with Crippen molar-refractivity contribution in [3.8, 4) is 0 Å². The van der Waals surface area contributed by atoms with Crippen molar-refractivity contribution < 1.29 is 4.74 Å². The fraction of sp³-hybridized carbons (Fsp3) is 1.00. The van der Waals surface area contributed by atoms with Crippen LogP contribution >= 0.6 is 15.9 Å². The first-order valence-electron chi connectivity index (χ1n) is 6.17. The van der Waals surface area contributed by atoms with Gasteiger partial charge in [-0.25, -0.2) is 0 Å². The average molecular weight is 292 g/mol. The van der Waals surface area contributed by atoms with Crippen molar-refractivity contribution >= 4 is 15.9 Å². The molecule has 1 aliphatic rings. The van der Waals surface area contributed by atoms with Gasteiger partial charge >= 0.3 is 0 Å². The van der Waals surface area contributed by atoms with Crippen LogP contribution in [0.4, 0.5) is 0 Å². The highest BCUT2D eigenvalue weighted by atomic mass is 79.9. The van der Waals surface area contributed by atoms with E-state index in [1.165, 1.54) is 6.54 Å². The Morgan fingerprint density at radius 1 is 1.38 bits per heavy atom. The topological polar surface area (TPSA) is 12.5 Å². The first-order valence-corrected chi connectivity index (χ1v) is 7.29. The van der Waals surface area contributed by atoms with Crippen molar-refractivity contribution in [2.75, 3.05) is 31.6 Å². The molecule has 0 radical (unpaired) electrons. The lowest BCUT2D eigenvalue weighted by molar-refractivity contribution is -0.0911. The first-order chi connectivity index (χ1) is 7.24. The Bertz CT molecular complexity index is 222. The van der Waals surface area contributed by atoms with Gasteiger partial charge in [0.05, 0.1) is 12.2 Å². The van der Waals surface area contributed by atoms with Crippen LogP contribution in [0.1, 0.15) is 34.6 Å². The molecule has 1 heterocycles. The normalized spacial score (nSPS) is 24.4. The number of morpholine rings is 1. The standard InChI is InChI=1S/C13H26BrNO/c1-12(2,3)11(8-14)9-15-6-7-16-13(4,5)10-15/h11H,6-10H2,1-5H3. The van der Waals surface area contributed by atoms with Crippen LogP contribution in [0.25, 0.3) is 0 Å². The zero-order valence-corrected chi connectivity index (χ0v) is 12.9. The number of hydrogen-bond acceptors (Lipinski definition) is 2. The maximum Gasteiger partial charge on any atom is 0.0753 e. The summed E-state index contributed by atoms with van der Waals surface area (Å²) in [5.41, 5.74) is 0.388. The molecule has 0 aliphatic carbocycles. The Morgan fingerprint density at radius 2 is 2.00 bits per heavy atom. The minimum absolute atomic E-state index is 0.0208. The molecule has 1 fully saturated rings. The van der Waals surface area contributed by atoms with Gasteiger partial charge in [-0.15, -0.1) is 0 Å². The molecule has 0 aromatic carbocycles. The Balaban J connectivity index is 2.52. The second-order valence-electron chi connectivity index (χ2n) is 6.56. The van der Waals surface area contributed by atoms with E-state index in [4.69, 9.17) is 4.74 Å². The van der Waals surface area contributed by atoms with Gasteiger partial charge in [-0.05, 0) is 25.2 Å². The summed E-state index contributed by atoms with van der Waals surface area (Å²) in [6, 6.07) is 0. The van der Waals surface area contributed by atoms with E-state index in [9.17, 15) is 0 Å². The molecule has 1 rings (SSSR count). The van der Waals surface area contributed by atoms with Gasteiger partial charge in [0.15, 0.2) is 0 Å². The molecular weight excluding hydrogens is 266 g/mol. The molecular formula is C13H26BrNO. The van der Waals surface area contributed by atoms with E-state index < -0.39 is 0 Å². The summed E-state index contributed by atoms with van der Waals surface area (Å²) >= 11 is 3.65. The van der Waals surface area contributed by atoms with Crippen LogP contribution in [0, 0.1) is 11.3 Å². The molecule has 0 aromatic rings. The largest absolute Gasteiger partial charge is 0.373 e. The number of rotatable bonds is 3. The zero-order chi connectivity index (χ0) is 12.4. The van der Waals surface area contributed by atoms with E-state index in [0.717, 1.165) is 25.0 Å². The minimum atomic E-state index is 0.0208. The molecule has 1 saturated heterocycles. The Morgan fingerprint density at radius 3 is 2.44 bits per heavy atom. The summed E-state index contributed by atoms with van der Waals surface area (Å²) in [5, 5.41) is 1.08. The molecule has 1 atom stereocenters. The van der Waals surface area contributed by atoms with E-state index in [-0.39, 0.29) is 5.60 Å². The average Bonchev–Trinajstić information content (AvgIpc) is 2.10. The minimum Gasteiger partial charge on any atom is -0.373 e. The van der Waals surface area contributed by atoms with Crippen LogP contribution < -0.4 is 0 Å². The SMILES string of the molecule is CC1(C)CN(CC(CBr)C(C)(C)C)CCO1. The smallest absolute Gasteiger partial charge is 0.0753 e. The highest BCUT2D eigenvalue weighted by Gasteiger charge is 2.31. The Kier molecular flexibility index (Phi) is 4.85. The van der Waals surface area contributed by atoms with Gasteiger partial charge in [-0.3, -0.25) is 4.90 Å². The van der Waals surface area contributed by atoms with E-state index in [1.807, 2.05) is 0 Å². The number of ether oxygens (including phenoxy) is 1. The molecule has 0 saturated carbocycles. The third-order valence-corrected chi connectivity index (χ3v) is 4.18. The van der Waals surface area contributed by atoms with Crippen molar-refractivity contribution in [1.29, 1.82) is 0 Å². The van der Waals surface area contributed by atoms with Crippen LogP contribution in [0.2, 0.25) is 0 Å². The molecule has 0 aromatic heterocycles. The fourth-order valence-corrected chi connectivity index (χ4v) is 3.31. The molecule has 0 amide bonds. The van der Waals surface area contributed by atoms with Crippen LogP contribution in [0.3, 0.4) is 0 Å². The Hall–Kier alpha value is 0.400. The molecule has 0 bridgehead atoms. The van der Waals surface area contributed by atoms with Gasteiger partial charge in [0.1, 0.15) is 0 Å². The molecule has 96 valence electrons. The van der Waals surface area contributed by atoms with Gasteiger partial charge < -0.3 is 4.74 Å². The maximum atomic E-state index is 5.74. The van der Waals surface area contributed by atoms with Crippen molar-refractivity contribution in [1.82, 2.24) is 4.90 Å². The molecule has 3 heteroatoms. The second-order valence-corrected chi connectivity index (χ2v) is 7.21. The zero-order valence-electron chi connectivity index (χ0n) is 11.3. The summed E-state index contributed by atoms with van der Waals surface area (Å²) in [7, 11) is 0. The summed E-state index contributed by atoms with van der Waals surface area (Å²) in [4.78, 5) is 2.54. The van der Waals surface area contributed by atoms with Crippen molar-refractivity contribution in [3.63, 3.8) is 0 Å². The summed E-state index contributed by atoms with van der Waals surface area (Å²) in [6.07, 6.45) is 0. The third kappa shape index (κ3) is 4.34. The van der Waals surface area contributed by atoms with E-state index >= 15 is 0 Å². The van der Waals surface area contributed by atoms with E-state index in [1.54, 1.807) is 0 Å². The second kappa shape index (κ2) is 5.36. The molecule has 1 aliphatic heterocycles. The predicted molar refractivity (Wildman–Crippen MR) is 73.2 cm³/mol. The summed E-state index contributed by atoms with van der Waals surface area (Å²) in [6.45, 7) is 15.5. The maximum absolute atomic E-state index is 5.74. The molecule has 2 nitrogen and oxygen atoms in total. The van der Waals surface area contributed by atoms with Gasteiger partial charge in [0, 0.05) is 25.0 Å². The number of alkyl halides is 1. The van der Waals surface area contributed by atoms with Crippen LogP contribution in [0.15, 0.2) is 0 Å². The summed E-state index contributed by atoms with van der Waals surface area (Å²) < 4.78 is 5.74. The number of hydrogen-bond donors (Lipinski definition) is 0. The lowest BCUT2D eigenvalue weighted by Gasteiger charge is -2.41. The van der Waals surface area contributed by atoms with Gasteiger partial charge in [-0.2, -0.15) is 0 Å². The lowest BCUT2D eigenvalue weighted by Crippen LogP contribution is -2.50. The molecule has 0 spiro atoms. The summed E-state index contributed by atoms with van der Waals surface area (Å²) in [5.74, 6) is 0.696. The molecule has 16 heavy (non-hydrogen) atoms. The predicted octanol–water partition coefficient (Wildman–Crippen LogP) is 3.15. The van der Waals surface area contributed by atoms with Crippen molar-refractivity contribution in [2.45, 2.75) is 40.2 Å². The van der Waals surface area contributed by atoms with Crippen molar-refractivity contribution in [2.24, 2.45) is 11.3 Å². The number of nitrogens with zero attached hydrogens (tertiary/aromatic N) is 1. The number of halogens is 1. The first kappa shape index (κ1) is 14.5. The highest BCUT2D eigenvalue weighted by Crippen LogP contribution is 2.29. The van der Waals surface area contributed by atoms with Gasteiger partial charge in [0.2, 0.25) is 0 Å². The van der Waals surface area contributed by atoms with E-state index in [2.05, 4.69) is 55.4 Å². The molecule has 0 N–H and O–H groups in total. The third-order valence-electron chi connectivity index (χ3n) is 3.39. The van der Waals surface area contributed by atoms with Gasteiger partial charge in [0.25, 0.3) is 0 Å². The van der Waals surface area contributed by atoms with Crippen LogP contribution in [-0.4, -0.2) is 42.1 Å². The van der Waals surface area contributed by atoms with Crippen LogP contribution in [0.5, 0.6) is 0 Å². The monoisotopic (exact) mass is 291 g/mol. The quantitative estimate of drug-likeness (QED) is 0.741.